The van der Waals surface area contributed by atoms with Gasteiger partial charge < -0.3 is 14.5 Å². The molecule has 1 aliphatic rings. The molecular formula is C26H22F3N7O. The summed E-state index contributed by atoms with van der Waals surface area (Å²) in [6.45, 7) is 1.16. The molecule has 0 spiro atoms. The largest absolute Gasteiger partial charge is 0.434 e. The molecule has 5 aromatic rings. The van der Waals surface area contributed by atoms with Crippen LogP contribution < -0.4 is 10.6 Å². The number of anilines is 1. The summed E-state index contributed by atoms with van der Waals surface area (Å²) in [5, 5.41) is 0. The second kappa shape index (κ2) is 8.32. The Morgan fingerprint density at radius 1 is 1.05 bits per heavy atom. The highest BCUT2D eigenvalue weighted by Gasteiger charge is 2.34. The van der Waals surface area contributed by atoms with Gasteiger partial charge in [0.1, 0.15) is 11.3 Å². The predicted octanol–water partition coefficient (Wildman–Crippen LogP) is 4.25. The van der Waals surface area contributed by atoms with Crippen LogP contribution in [0.15, 0.2) is 59.7 Å². The molecule has 188 valence electrons. The minimum Gasteiger partial charge on any atom is -0.373 e. The number of fused-ring (bicyclic) bond motifs is 2. The minimum absolute atomic E-state index is 0.209. The summed E-state index contributed by atoms with van der Waals surface area (Å²) >= 11 is 0. The van der Waals surface area contributed by atoms with Crippen LogP contribution in [-0.2, 0) is 26.2 Å². The lowest BCUT2D eigenvalue weighted by Crippen LogP contribution is -2.18. The number of imidazole rings is 2. The van der Waals surface area contributed by atoms with E-state index < -0.39 is 11.9 Å². The molecule has 0 amide bonds. The first-order chi connectivity index (χ1) is 17.7. The first-order valence-corrected chi connectivity index (χ1v) is 11.7. The molecule has 0 saturated heterocycles. The molecule has 3 aromatic heterocycles. The first kappa shape index (κ1) is 23.0. The van der Waals surface area contributed by atoms with Crippen LogP contribution >= 0.6 is 0 Å². The number of alkyl halides is 3. The summed E-state index contributed by atoms with van der Waals surface area (Å²) < 4.78 is 42.0. The Morgan fingerprint density at radius 2 is 1.84 bits per heavy atom. The van der Waals surface area contributed by atoms with Crippen molar-refractivity contribution in [3.63, 3.8) is 0 Å². The van der Waals surface area contributed by atoms with Crippen molar-refractivity contribution < 1.29 is 13.2 Å². The molecule has 0 unspecified atom stereocenters. The number of rotatable bonds is 4. The lowest BCUT2D eigenvalue weighted by Gasteiger charge is -2.16. The second-order valence-corrected chi connectivity index (χ2v) is 9.19. The monoisotopic (exact) mass is 505 g/mol. The highest BCUT2D eigenvalue weighted by molar-refractivity contribution is 5.81. The summed E-state index contributed by atoms with van der Waals surface area (Å²) in [5.74, 6) is 0.748. The summed E-state index contributed by atoms with van der Waals surface area (Å²) in [6.07, 6.45) is -0.969. The lowest BCUT2D eigenvalue weighted by atomic mass is 10.1. The van der Waals surface area contributed by atoms with E-state index in [1.165, 1.54) is 21.7 Å². The van der Waals surface area contributed by atoms with Crippen molar-refractivity contribution in [3.05, 3.63) is 82.2 Å². The Kier molecular flexibility index (Phi) is 5.18. The van der Waals surface area contributed by atoms with Crippen molar-refractivity contribution in [2.24, 2.45) is 7.05 Å². The summed E-state index contributed by atoms with van der Waals surface area (Å²) in [4.78, 5) is 30.8. The molecule has 0 aliphatic carbocycles. The van der Waals surface area contributed by atoms with Gasteiger partial charge in [-0.15, -0.1) is 0 Å². The number of aromatic amines is 1. The normalized spacial score (nSPS) is 13.5. The van der Waals surface area contributed by atoms with Crippen LogP contribution in [0.3, 0.4) is 0 Å². The molecule has 0 radical (unpaired) electrons. The van der Waals surface area contributed by atoms with Gasteiger partial charge in [0.05, 0.1) is 18.4 Å². The molecule has 0 atom stereocenters. The molecule has 6 rings (SSSR count). The van der Waals surface area contributed by atoms with Crippen LogP contribution in [0.1, 0.15) is 16.8 Å². The van der Waals surface area contributed by atoms with Gasteiger partial charge in [-0.05, 0) is 23.6 Å². The fourth-order valence-electron chi connectivity index (χ4n) is 4.86. The predicted molar refractivity (Wildman–Crippen MR) is 133 cm³/mol. The number of H-pyrrole nitrogens is 1. The van der Waals surface area contributed by atoms with Crippen LogP contribution in [0.25, 0.3) is 33.9 Å². The standard InChI is InChI=1S/C26H22F3N7O/c1-34-11-10-16-4-3-5-18(21(16)34)22-30-12-19-24(33-22)36(25(37)31-19)13-15-6-8-17(9-7-15)23-32-20(14-35(23)2)26(27,28)29/h3-9,12,14H,10-11,13H2,1-2H3,(H,31,37). The van der Waals surface area contributed by atoms with E-state index in [2.05, 4.69) is 25.9 Å². The van der Waals surface area contributed by atoms with E-state index in [4.69, 9.17) is 4.98 Å². The van der Waals surface area contributed by atoms with Crippen molar-refractivity contribution in [1.29, 1.82) is 0 Å². The van der Waals surface area contributed by atoms with Crippen molar-refractivity contribution >= 4 is 16.9 Å². The molecule has 1 aliphatic heterocycles. The Bertz CT molecular complexity index is 1700. The fraction of sp³-hybridized carbons (Fsp3) is 0.231. The first-order valence-electron chi connectivity index (χ1n) is 11.7. The Labute approximate surface area is 209 Å². The van der Waals surface area contributed by atoms with Gasteiger partial charge in [-0.1, -0.05) is 36.4 Å². The van der Waals surface area contributed by atoms with Crippen molar-refractivity contribution in [3.8, 4) is 22.8 Å². The third-order valence-corrected chi connectivity index (χ3v) is 6.69. The maximum absolute atomic E-state index is 13.0. The molecule has 4 heterocycles. The molecule has 0 bridgehead atoms. The maximum Gasteiger partial charge on any atom is 0.434 e. The Hall–Kier alpha value is -4.41. The highest BCUT2D eigenvalue weighted by Crippen LogP contribution is 2.36. The third kappa shape index (κ3) is 3.96. The van der Waals surface area contributed by atoms with Gasteiger partial charge in [0, 0.05) is 38.0 Å². The summed E-state index contributed by atoms with van der Waals surface area (Å²) in [7, 11) is 3.56. The summed E-state index contributed by atoms with van der Waals surface area (Å²) in [5.41, 5.74) is 4.34. The number of hydrogen-bond donors (Lipinski definition) is 1. The fourth-order valence-corrected chi connectivity index (χ4v) is 4.86. The minimum atomic E-state index is -4.51. The summed E-state index contributed by atoms with van der Waals surface area (Å²) in [6, 6.07) is 13.0. The van der Waals surface area contributed by atoms with E-state index in [0.717, 1.165) is 36.0 Å². The molecule has 8 nitrogen and oxygen atoms in total. The average molecular weight is 506 g/mol. The zero-order valence-electron chi connectivity index (χ0n) is 20.0. The Balaban J connectivity index is 1.34. The molecule has 1 N–H and O–H groups in total. The number of aryl methyl sites for hydroxylation is 1. The maximum atomic E-state index is 13.0. The van der Waals surface area contributed by atoms with E-state index >= 15 is 0 Å². The lowest BCUT2D eigenvalue weighted by molar-refractivity contribution is -0.140. The number of likely N-dealkylation sites (N-methyl/N-ethyl adjacent to an activating group) is 1. The molecular weight excluding hydrogens is 483 g/mol. The van der Waals surface area contributed by atoms with Gasteiger partial charge in [-0.3, -0.25) is 4.57 Å². The topological polar surface area (TPSA) is 84.6 Å². The number of nitrogens with zero attached hydrogens (tertiary/aromatic N) is 6. The van der Waals surface area contributed by atoms with E-state index in [-0.39, 0.29) is 18.1 Å². The number of hydrogen-bond acceptors (Lipinski definition) is 5. The molecule has 2 aromatic carbocycles. The van der Waals surface area contributed by atoms with Gasteiger partial charge in [-0.25, -0.2) is 19.7 Å². The van der Waals surface area contributed by atoms with Crippen LogP contribution in [0.5, 0.6) is 0 Å². The average Bonchev–Trinajstić information content (AvgIpc) is 3.54. The number of benzene rings is 2. The van der Waals surface area contributed by atoms with Gasteiger partial charge in [0.25, 0.3) is 0 Å². The van der Waals surface area contributed by atoms with Crippen LogP contribution in [0.4, 0.5) is 18.9 Å². The SMILES string of the molecule is CN1CCc2cccc(-c3ncc4[nH]c(=O)n(Cc5ccc(-c6nc(C(F)(F)F)cn6C)cc5)c4n3)c21. The molecule has 0 fully saturated rings. The molecule has 11 heteroatoms. The van der Waals surface area contributed by atoms with Crippen molar-refractivity contribution in [2.45, 2.75) is 19.1 Å². The zero-order valence-corrected chi connectivity index (χ0v) is 20.0. The van der Waals surface area contributed by atoms with E-state index in [1.807, 2.05) is 19.2 Å². The van der Waals surface area contributed by atoms with E-state index in [9.17, 15) is 18.0 Å². The van der Waals surface area contributed by atoms with Crippen LogP contribution in [0, 0.1) is 0 Å². The number of halogens is 3. The van der Waals surface area contributed by atoms with Gasteiger partial charge in [0.15, 0.2) is 17.2 Å². The Morgan fingerprint density at radius 3 is 2.57 bits per heavy atom. The third-order valence-electron chi connectivity index (χ3n) is 6.69. The molecule has 0 saturated carbocycles. The van der Waals surface area contributed by atoms with Crippen molar-refractivity contribution in [1.82, 2.24) is 29.1 Å². The highest BCUT2D eigenvalue weighted by atomic mass is 19.4. The zero-order chi connectivity index (χ0) is 25.9. The second-order valence-electron chi connectivity index (χ2n) is 9.19. The van der Waals surface area contributed by atoms with Gasteiger partial charge in [-0.2, -0.15) is 13.2 Å². The van der Waals surface area contributed by atoms with Gasteiger partial charge in [0.2, 0.25) is 0 Å². The molecule has 37 heavy (non-hydrogen) atoms. The van der Waals surface area contributed by atoms with E-state index in [0.29, 0.717) is 22.6 Å². The smallest absolute Gasteiger partial charge is 0.373 e. The quantitative estimate of drug-likeness (QED) is 0.395. The van der Waals surface area contributed by atoms with E-state index in [1.54, 1.807) is 30.5 Å². The van der Waals surface area contributed by atoms with Gasteiger partial charge >= 0.3 is 11.9 Å². The number of aromatic nitrogens is 6. The van der Waals surface area contributed by atoms with Crippen LogP contribution in [-0.4, -0.2) is 42.7 Å². The number of para-hydroxylation sites is 1. The van der Waals surface area contributed by atoms with Crippen LogP contribution in [0.2, 0.25) is 0 Å². The van der Waals surface area contributed by atoms with Crippen molar-refractivity contribution in [2.75, 3.05) is 18.5 Å². The number of nitrogens with one attached hydrogen (secondary N) is 1.